The summed E-state index contributed by atoms with van der Waals surface area (Å²) in [6, 6.07) is 2.30. The van der Waals surface area contributed by atoms with Crippen molar-refractivity contribution >= 4 is 51.7 Å². The van der Waals surface area contributed by atoms with E-state index in [9.17, 15) is 5.11 Å². The van der Waals surface area contributed by atoms with Gasteiger partial charge in [-0.05, 0) is 18.9 Å². The number of nitrogens with one attached hydrogen (secondary N) is 1. The summed E-state index contributed by atoms with van der Waals surface area (Å²) in [5.74, 6) is 1.11. The number of piperazine rings is 1. The van der Waals surface area contributed by atoms with E-state index in [2.05, 4.69) is 30.2 Å². The smallest absolute Gasteiger partial charge is 0.229 e. The fourth-order valence-corrected chi connectivity index (χ4v) is 5.04. The first-order valence-corrected chi connectivity index (χ1v) is 11.9. The molecule has 3 fully saturated rings. The van der Waals surface area contributed by atoms with Crippen molar-refractivity contribution in [1.82, 2.24) is 29.6 Å². The average Bonchev–Trinajstić information content (AvgIpc) is 3.47. The van der Waals surface area contributed by atoms with Crippen molar-refractivity contribution in [1.29, 1.82) is 0 Å². The van der Waals surface area contributed by atoms with E-state index in [4.69, 9.17) is 32.9 Å². The van der Waals surface area contributed by atoms with E-state index in [1.54, 1.807) is 12.4 Å². The highest BCUT2D eigenvalue weighted by Crippen LogP contribution is 2.39. The molecule has 2 aliphatic heterocycles. The molecule has 0 amide bonds. The molecular formula is C21H24Cl2N8O2. The fourth-order valence-electron chi connectivity index (χ4n) is 4.48. The number of hydrogen-bond donors (Lipinski definition) is 2. The van der Waals surface area contributed by atoms with Crippen LogP contribution in [0.25, 0.3) is 11.0 Å². The van der Waals surface area contributed by atoms with Crippen molar-refractivity contribution in [2.45, 2.75) is 31.0 Å². The number of fused-ring (bicyclic) bond motifs is 1. The number of aromatic nitrogens is 5. The van der Waals surface area contributed by atoms with E-state index in [-0.39, 0.29) is 6.04 Å². The van der Waals surface area contributed by atoms with Gasteiger partial charge in [0.25, 0.3) is 0 Å². The van der Waals surface area contributed by atoms with Crippen LogP contribution in [0.2, 0.25) is 10.2 Å². The van der Waals surface area contributed by atoms with Gasteiger partial charge in [0.05, 0.1) is 48.3 Å². The summed E-state index contributed by atoms with van der Waals surface area (Å²) in [6.07, 6.45) is 5.17. The molecular weight excluding hydrogens is 467 g/mol. The Balaban J connectivity index is 1.20. The molecule has 0 radical (unpaired) electrons. The van der Waals surface area contributed by atoms with Crippen LogP contribution in [0, 0.1) is 0 Å². The summed E-state index contributed by atoms with van der Waals surface area (Å²) in [5.41, 5.74) is 1.23. The zero-order chi connectivity index (χ0) is 22.5. The van der Waals surface area contributed by atoms with Crippen molar-refractivity contribution in [2.75, 3.05) is 49.6 Å². The van der Waals surface area contributed by atoms with Gasteiger partial charge in [0.1, 0.15) is 5.82 Å². The monoisotopic (exact) mass is 490 g/mol. The Morgan fingerprint density at radius 3 is 2.61 bits per heavy atom. The fraction of sp³-hybridized carbons (Fsp3) is 0.524. The Labute approximate surface area is 200 Å². The van der Waals surface area contributed by atoms with Gasteiger partial charge in [0, 0.05) is 37.8 Å². The summed E-state index contributed by atoms with van der Waals surface area (Å²) in [7, 11) is 0. The minimum absolute atomic E-state index is 0.0599. The number of hydrogen-bond acceptors (Lipinski definition) is 9. The molecule has 33 heavy (non-hydrogen) atoms. The molecule has 3 aliphatic rings. The second-order valence-corrected chi connectivity index (χ2v) is 9.51. The van der Waals surface area contributed by atoms with Crippen LogP contribution in [-0.2, 0) is 4.74 Å². The van der Waals surface area contributed by atoms with E-state index in [0.29, 0.717) is 52.5 Å². The second kappa shape index (κ2) is 8.52. The first-order chi connectivity index (χ1) is 16.1. The van der Waals surface area contributed by atoms with E-state index < -0.39 is 6.10 Å². The van der Waals surface area contributed by atoms with Crippen LogP contribution in [0.4, 0.5) is 17.5 Å². The molecule has 0 unspecified atom stereocenters. The zero-order valence-electron chi connectivity index (χ0n) is 17.9. The van der Waals surface area contributed by atoms with Gasteiger partial charge in [0.15, 0.2) is 10.8 Å². The first kappa shape index (κ1) is 21.3. The highest BCUT2D eigenvalue weighted by Gasteiger charge is 2.34. The van der Waals surface area contributed by atoms with Crippen molar-refractivity contribution in [3.8, 4) is 0 Å². The maximum absolute atomic E-state index is 10.1. The maximum Gasteiger partial charge on any atom is 0.229 e. The summed E-state index contributed by atoms with van der Waals surface area (Å²) < 4.78 is 7.24. The van der Waals surface area contributed by atoms with E-state index in [1.807, 2.05) is 10.7 Å². The predicted octanol–water partition coefficient (Wildman–Crippen LogP) is 2.49. The molecule has 0 spiro atoms. The molecule has 0 aromatic carbocycles. The zero-order valence-corrected chi connectivity index (χ0v) is 19.4. The van der Waals surface area contributed by atoms with Gasteiger partial charge >= 0.3 is 0 Å². The van der Waals surface area contributed by atoms with Crippen LogP contribution in [0.3, 0.4) is 0 Å². The van der Waals surface area contributed by atoms with E-state index >= 15 is 0 Å². The molecule has 5 heterocycles. The Morgan fingerprint density at radius 2 is 1.88 bits per heavy atom. The highest BCUT2D eigenvalue weighted by atomic mass is 35.5. The molecule has 174 valence electrons. The van der Waals surface area contributed by atoms with Gasteiger partial charge in [0.2, 0.25) is 5.95 Å². The van der Waals surface area contributed by atoms with E-state index in [1.165, 1.54) is 0 Å². The molecule has 0 bridgehead atoms. The van der Waals surface area contributed by atoms with Crippen LogP contribution in [0.15, 0.2) is 18.5 Å². The second-order valence-electron chi connectivity index (χ2n) is 8.75. The lowest BCUT2D eigenvalue weighted by molar-refractivity contribution is 0.0784. The molecule has 2 atom stereocenters. The maximum atomic E-state index is 10.1. The van der Waals surface area contributed by atoms with Crippen LogP contribution < -0.4 is 10.2 Å². The molecule has 6 rings (SSSR count). The van der Waals surface area contributed by atoms with Crippen LogP contribution in [-0.4, -0.2) is 86.3 Å². The number of pyridine rings is 1. The normalized spacial score (nSPS) is 24.0. The molecule has 1 saturated carbocycles. The number of aliphatic hydroxyl groups is 1. The number of anilines is 3. The van der Waals surface area contributed by atoms with Crippen LogP contribution in [0.5, 0.6) is 0 Å². The summed E-state index contributed by atoms with van der Waals surface area (Å²) >= 11 is 13.0. The lowest BCUT2D eigenvalue weighted by Crippen LogP contribution is -2.53. The van der Waals surface area contributed by atoms with Crippen LogP contribution in [0.1, 0.15) is 18.9 Å². The summed E-state index contributed by atoms with van der Waals surface area (Å²) in [5, 5.41) is 19.5. The van der Waals surface area contributed by atoms with E-state index in [0.717, 1.165) is 44.4 Å². The third-order valence-electron chi connectivity index (χ3n) is 6.48. The Morgan fingerprint density at radius 1 is 1.06 bits per heavy atom. The summed E-state index contributed by atoms with van der Waals surface area (Å²) in [4.78, 5) is 18.2. The van der Waals surface area contributed by atoms with Crippen molar-refractivity contribution in [3.05, 3.63) is 28.6 Å². The minimum Gasteiger partial charge on any atom is -0.389 e. The van der Waals surface area contributed by atoms with Gasteiger partial charge in [-0.1, -0.05) is 23.2 Å². The SMILES string of the molecule is O[C@@H]1COC[C@@H]1N1CCN(c2nc3nc(Nc4cnn(C5CC5)c4Cl)ncc3cc2Cl)CC1. The Bertz CT molecular complexity index is 1180. The molecule has 2 saturated heterocycles. The largest absolute Gasteiger partial charge is 0.389 e. The number of aliphatic hydroxyl groups excluding tert-OH is 1. The Hall–Kier alpha value is -2.24. The lowest BCUT2D eigenvalue weighted by Gasteiger charge is -2.39. The first-order valence-electron chi connectivity index (χ1n) is 11.1. The van der Waals surface area contributed by atoms with Gasteiger partial charge < -0.3 is 20.1 Å². The lowest BCUT2D eigenvalue weighted by atomic mass is 10.1. The molecule has 1 aliphatic carbocycles. The molecule has 2 N–H and O–H groups in total. The predicted molar refractivity (Wildman–Crippen MR) is 126 cm³/mol. The van der Waals surface area contributed by atoms with Gasteiger partial charge in [-0.3, -0.25) is 4.90 Å². The van der Waals surface area contributed by atoms with Crippen molar-refractivity contribution in [3.63, 3.8) is 0 Å². The highest BCUT2D eigenvalue weighted by molar-refractivity contribution is 6.33. The number of ether oxygens (including phenoxy) is 1. The minimum atomic E-state index is -0.425. The number of halogens is 2. The molecule has 10 nitrogen and oxygen atoms in total. The molecule has 3 aromatic rings. The van der Waals surface area contributed by atoms with Crippen LogP contribution >= 0.6 is 23.2 Å². The van der Waals surface area contributed by atoms with Gasteiger partial charge in [-0.25, -0.2) is 14.6 Å². The molecule has 12 heteroatoms. The Kier molecular flexibility index (Phi) is 5.50. The van der Waals surface area contributed by atoms with Crippen molar-refractivity contribution in [2.24, 2.45) is 0 Å². The molecule has 3 aromatic heterocycles. The quantitative estimate of drug-likeness (QED) is 0.557. The van der Waals surface area contributed by atoms with Crippen molar-refractivity contribution < 1.29 is 9.84 Å². The third kappa shape index (κ3) is 4.10. The average molecular weight is 491 g/mol. The summed E-state index contributed by atoms with van der Waals surface area (Å²) in [6.45, 7) is 4.11. The van der Waals surface area contributed by atoms with Gasteiger partial charge in [-0.2, -0.15) is 10.1 Å². The third-order valence-corrected chi connectivity index (χ3v) is 7.14. The van der Waals surface area contributed by atoms with Gasteiger partial charge in [-0.15, -0.1) is 0 Å². The topological polar surface area (TPSA) is 104 Å². The standard InChI is InChI=1S/C21H24Cl2N8O2/c22-14-7-12-8-24-21(26-15-9-25-31(18(15)23)13-1-2-13)28-19(12)27-20(14)30-5-3-29(4-6-30)16-10-33-11-17(16)32/h7-9,13,16-17,32H,1-6,10-11H2,(H,24,26,27,28)/t16-,17+/m0/s1. The number of nitrogens with zero attached hydrogens (tertiary/aromatic N) is 7. The number of rotatable bonds is 5.